The molecule has 0 radical (unpaired) electrons. The number of allylic oxidation sites excluding steroid dienone is 8. The monoisotopic (exact) mass is 641 g/mol. The molecule has 0 aromatic rings. The van der Waals surface area contributed by atoms with E-state index < -0.39 is 0 Å². The minimum Gasteiger partial charge on any atom is -0.309 e. The average Bonchev–Trinajstić information content (AvgIpc) is 3.05. The Kier molecular flexibility index (Phi) is 37.4. The first-order valence-electron chi connectivity index (χ1n) is 20.6. The maximum Gasteiger partial charge on any atom is 0.00922 e. The molecule has 0 rings (SSSR count). The number of unbranched alkanes of at least 4 members (excludes halogenated alkanes) is 19. The number of hydrogen-bond donors (Lipinski definition) is 0. The minimum atomic E-state index is 0.788. The molecule has 0 N–H and O–H groups in total. The van der Waals surface area contributed by atoms with Crippen LogP contribution < -0.4 is 0 Å². The molecule has 0 spiro atoms. The molecule has 0 aliphatic carbocycles. The van der Waals surface area contributed by atoms with E-state index in [1.165, 1.54) is 180 Å². The molecule has 2 heteroatoms. The molecule has 0 aromatic heterocycles. The van der Waals surface area contributed by atoms with Crippen molar-refractivity contribution in [1.82, 2.24) is 9.80 Å². The van der Waals surface area contributed by atoms with Gasteiger partial charge in [-0.1, -0.05) is 152 Å². The summed E-state index contributed by atoms with van der Waals surface area (Å²) in [7, 11) is 6.80. The Morgan fingerprint density at radius 1 is 0.370 bits per heavy atom. The van der Waals surface area contributed by atoms with E-state index in [1.807, 2.05) is 0 Å². The topological polar surface area (TPSA) is 6.48 Å². The summed E-state index contributed by atoms with van der Waals surface area (Å²) in [6.45, 7) is 7.04. The highest BCUT2D eigenvalue weighted by molar-refractivity contribution is 4.93. The molecular weight excluding hydrogens is 556 g/mol. The Morgan fingerprint density at radius 3 is 1.11 bits per heavy atom. The first-order valence-corrected chi connectivity index (χ1v) is 20.6. The predicted molar refractivity (Wildman–Crippen MR) is 212 cm³/mol. The van der Waals surface area contributed by atoms with E-state index >= 15 is 0 Å². The van der Waals surface area contributed by atoms with Crippen molar-refractivity contribution < 1.29 is 0 Å². The molecule has 0 fully saturated rings. The summed E-state index contributed by atoms with van der Waals surface area (Å²) in [6.07, 6.45) is 56.7. The zero-order valence-electron chi connectivity index (χ0n) is 32.3. The number of hydrogen-bond acceptors (Lipinski definition) is 2. The number of nitrogens with zero attached hydrogens (tertiary/aromatic N) is 2. The lowest BCUT2D eigenvalue weighted by atomic mass is 9.98. The maximum absolute atomic E-state index is 2.72. The largest absolute Gasteiger partial charge is 0.309 e. The van der Waals surface area contributed by atoms with Crippen molar-refractivity contribution in [2.45, 2.75) is 200 Å². The normalized spacial score (nSPS) is 12.7. The SMILES string of the molecule is CCCCC/C=C\C/C=C\CCCCCCCCC(CCCCCCCC/C=C\C/C=C\CCCCC)N(C)CCCCN(C)C. The van der Waals surface area contributed by atoms with Gasteiger partial charge >= 0.3 is 0 Å². The molecule has 0 aromatic carbocycles. The summed E-state index contributed by atoms with van der Waals surface area (Å²) in [6, 6.07) is 0.788. The van der Waals surface area contributed by atoms with Crippen LogP contribution in [0, 0.1) is 0 Å². The third-order valence-electron chi connectivity index (χ3n) is 9.47. The van der Waals surface area contributed by atoms with Gasteiger partial charge in [0, 0.05) is 6.04 Å². The van der Waals surface area contributed by atoms with E-state index in [-0.39, 0.29) is 0 Å². The van der Waals surface area contributed by atoms with Crippen LogP contribution in [0.5, 0.6) is 0 Å². The molecule has 0 aliphatic heterocycles. The molecule has 0 heterocycles. The van der Waals surface area contributed by atoms with E-state index in [9.17, 15) is 0 Å². The van der Waals surface area contributed by atoms with Gasteiger partial charge in [-0.15, -0.1) is 0 Å². The Hall–Kier alpha value is -1.12. The van der Waals surface area contributed by atoms with Gasteiger partial charge < -0.3 is 9.80 Å². The fourth-order valence-corrected chi connectivity index (χ4v) is 6.29. The lowest BCUT2D eigenvalue weighted by molar-refractivity contribution is 0.203. The Balaban J connectivity index is 4.02. The molecule has 0 unspecified atom stereocenters. The van der Waals surface area contributed by atoms with Gasteiger partial charge in [-0.25, -0.2) is 0 Å². The van der Waals surface area contributed by atoms with Gasteiger partial charge in [-0.2, -0.15) is 0 Å². The van der Waals surface area contributed by atoms with Crippen LogP contribution in [0.1, 0.15) is 194 Å². The van der Waals surface area contributed by atoms with Gasteiger partial charge in [0.2, 0.25) is 0 Å². The van der Waals surface area contributed by atoms with Crippen molar-refractivity contribution in [2.24, 2.45) is 0 Å². The van der Waals surface area contributed by atoms with Crippen LogP contribution in [-0.4, -0.2) is 50.1 Å². The lowest BCUT2D eigenvalue weighted by Crippen LogP contribution is -2.33. The molecule has 270 valence electrons. The second-order valence-electron chi connectivity index (χ2n) is 14.4. The van der Waals surface area contributed by atoms with Gasteiger partial charge in [0.25, 0.3) is 0 Å². The van der Waals surface area contributed by atoms with Crippen molar-refractivity contribution in [3.05, 3.63) is 48.6 Å². The summed E-state index contributed by atoms with van der Waals surface area (Å²) in [5.41, 5.74) is 0. The van der Waals surface area contributed by atoms with Crippen molar-refractivity contribution in [1.29, 1.82) is 0 Å². The van der Waals surface area contributed by atoms with Gasteiger partial charge in [0.05, 0.1) is 0 Å². The van der Waals surface area contributed by atoms with E-state index in [0.717, 1.165) is 18.9 Å². The molecule has 0 atom stereocenters. The fraction of sp³-hybridized carbons (Fsp3) is 0.818. The summed E-state index contributed by atoms with van der Waals surface area (Å²) in [5.74, 6) is 0. The molecule has 2 nitrogen and oxygen atoms in total. The molecule has 0 amide bonds. The van der Waals surface area contributed by atoms with Crippen LogP contribution in [0.3, 0.4) is 0 Å². The minimum absolute atomic E-state index is 0.788. The van der Waals surface area contributed by atoms with Crippen LogP contribution in [0.25, 0.3) is 0 Å². The van der Waals surface area contributed by atoms with Crippen molar-refractivity contribution in [3.8, 4) is 0 Å². The van der Waals surface area contributed by atoms with Crippen LogP contribution in [0.2, 0.25) is 0 Å². The molecule has 0 aliphatic rings. The summed E-state index contributed by atoms with van der Waals surface area (Å²) in [5, 5.41) is 0. The highest BCUT2D eigenvalue weighted by Crippen LogP contribution is 2.19. The predicted octanol–water partition coefficient (Wildman–Crippen LogP) is 14.0. The van der Waals surface area contributed by atoms with E-state index in [1.54, 1.807) is 0 Å². The summed E-state index contributed by atoms with van der Waals surface area (Å²) < 4.78 is 0. The van der Waals surface area contributed by atoms with Crippen molar-refractivity contribution in [3.63, 3.8) is 0 Å². The molecule has 0 bridgehead atoms. The second kappa shape index (κ2) is 38.3. The Morgan fingerprint density at radius 2 is 0.717 bits per heavy atom. The zero-order valence-corrected chi connectivity index (χ0v) is 32.3. The molecular formula is C44H84N2. The standard InChI is InChI=1S/C44H84N2/c1-6-8-10-12-14-16-18-20-22-24-26-28-30-32-34-36-40-44(46(5)43-39-38-42-45(3)4)41-37-35-33-31-29-27-25-23-21-19-17-15-13-11-9-7-2/h14-17,20-23,44H,6-13,18-19,24-43H2,1-5H3/b16-14-,17-15-,22-20-,23-21-. The van der Waals surface area contributed by atoms with E-state index in [2.05, 4.69) is 93.4 Å². The second-order valence-corrected chi connectivity index (χ2v) is 14.4. The lowest BCUT2D eigenvalue weighted by Gasteiger charge is -2.28. The average molecular weight is 641 g/mol. The third-order valence-corrected chi connectivity index (χ3v) is 9.47. The summed E-state index contributed by atoms with van der Waals surface area (Å²) in [4.78, 5) is 5.04. The third kappa shape index (κ3) is 35.7. The van der Waals surface area contributed by atoms with Crippen molar-refractivity contribution in [2.75, 3.05) is 34.2 Å². The molecule has 0 saturated heterocycles. The summed E-state index contributed by atoms with van der Waals surface area (Å²) >= 11 is 0. The van der Waals surface area contributed by atoms with Gasteiger partial charge in [0.1, 0.15) is 0 Å². The fourth-order valence-electron chi connectivity index (χ4n) is 6.29. The van der Waals surface area contributed by atoms with Crippen LogP contribution in [-0.2, 0) is 0 Å². The van der Waals surface area contributed by atoms with Gasteiger partial charge in [-0.05, 0) is 124 Å². The number of rotatable bonds is 36. The van der Waals surface area contributed by atoms with E-state index in [0.29, 0.717) is 0 Å². The first kappa shape index (κ1) is 44.9. The Labute approximate surface area is 291 Å². The van der Waals surface area contributed by atoms with Gasteiger partial charge in [-0.3, -0.25) is 0 Å². The van der Waals surface area contributed by atoms with E-state index in [4.69, 9.17) is 0 Å². The van der Waals surface area contributed by atoms with Crippen LogP contribution in [0.15, 0.2) is 48.6 Å². The smallest absolute Gasteiger partial charge is 0.00922 e. The van der Waals surface area contributed by atoms with Crippen molar-refractivity contribution >= 4 is 0 Å². The quantitative estimate of drug-likeness (QED) is 0.0496. The van der Waals surface area contributed by atoms with Crippen LogP contribution in [0.4, 0.5) is 0 Å². The van der Waals surface area contributed by atoms with Gasteiger partial charge in [0.15, 0.2) is 0 Å². The zero-order chi connectivity index (χ0) is 33.6. The van der Waals surface area contributed by atoms with Crippen LogP contribution >= 0.6 is 0 Å². The highest BCUT2D eigenvalue weighted by Gasteiger charge is 2.14. The highest BCUT2D eigenvalue weighted by atomic mass is 15.1. The molecule has 0 saturated carbocycles. The first-order chi connectivity index (χ1) is 22.6. The maximum atomic E-state index is 2.72. The molecule has 46 heavy (non-hydrogen) atoms. The Bertz CT molecular complexity index is 640.